The number of aromatic nitrogens is 2. The van der Waals surface area contributed by atoms with E-state index in [4.69, 9.17) is 9.47 Å². The second-order valence-electron chi connectivity index (χ2n) is 5.22. The maximum absolute atomic E-state index is 12.5. The van der Waals surface area contributed by atoms with Crippen LogP contribution in [0.4, 0.5) is 15.4 Å². The van der Waals surface area contributed by atoms with E-state index in [-0.39, 0.29) is 24.8 Å². The summed E-state index contributed by atoms with van der Waals surface area (Å²) in [5.74, 6) is 0.212. The molecule has 0 radical (unpaired) electrons. The van der Waals surface area contributed by atoms with Crippen molar-refractivity contribution in [1.29, 1.82) is 0 Å². The number of thiazole rings is 1. The van der Waals surface area contributed by atoms with Crippen molar-refractivity contribution in [3.05, 3.63) is 35.8 Å². The van der Waals surface area contributed by atoms with Gasteiger partial charge in [0.25, 0.3) is 0 Å². The lowest BCUT2D eigenvalue weighted by Gasteiger charge is -2.22. The number of aromatic hydroxyl groups is 1. The molecular weight excluding hydrogens is 372 g/mol. The molecule has 0 aliphatic carbocycles. The number of nitrogens with one attached hydrogen (secondary N) is 1. The fourth-order valence-corrected chi connectivity index (χ4v) is 3.18. The summed E-state index contributed by atoms with van der Waals surface area (Å²) in [4.78, 5) is 29.6. The number of phenols is 1. The molecule has 2 aromatic heterocycles. The molecule has 27 heavy (non-hydrogen) atoms. The number of benzene rings is 1. The van der Waals surface area contributed by atoms with E-state index in [1.54, 1.807) is 48.0 Å². The van der Waals surface area contributed by atoms with Gasteiger partial charge in [-0.2, -0.15) is 5.01 Å². The van der Waals surface area contributed by atoms with Gasteiger partial charge in [0.15, 0.2) is 10.8 Å². The summed E-state index contributed by atoms with van der Waals surface area (Å²) in [6.07, 6.45) is 0.0689. The number of hydrogen-bond acceptors (Lipinski definition) is 7. The van der Waals surface area contributed by atoms with Crippen LogP contribution in [0.3, 0.4) is 0 Å². The van der Waals surface area contributed by atoms with E-state index in [1.165, 1.54) is 17.4 Å². The third kappa shape index (κ3) is 3.65. The fourth-order valence-electron chi connectivity index (χ4n) is 2.47. The second-order valence-corrected chi connectivity index (χ2v) is 6.10. The van der Waals surface area contributed by atoms with Gasteiger partial charge in [-0.1, -0.05) is 12.1 Å². The minimum atomic E-state index is -0.820. The summed E-state index contributed by atoms with van der Waals surface area (Å²) in [6, 6.07) is 6.59. The van der Waals surface area contributed by atoms with Gasteiger partial charge >= 0.3 is 12.2 Å². The molecule has 1 aromatic carbocycles. The van der Waals surface area contributed by atoms with Gasteiger partial charge in [-0.25, -0.2) is 20.0 Å². The van der Waals surface area contributed by atoms with E-state index in [2.05, 4.69) is 10.4 Å². The van der Waals surface area contributed by atoms with Gasteiger partial charge in [0.1, 0.15) is 11.4 Å². The fraction of sp³-hybridized carbons (Fsp3) is 0.235. The summed E-state index contributed by atoms with van der Waals surface area (Å²) in [7, 11) is 0. The molecule has 0 aliphatic heterocycles. The zero-order chi connectivity index (χ0) is 19.4. The number of hydrogen-bond donors (Lipinski definition) is 2. The molecule has 0 unspecified atom stereocenters. The maximum atomic E-state index is 12.5. The van der Waals surface area contributed by atoms with Gasteiger partial charge in [-0.3, -0.25) is 4.40 Å². The molecule has 0 spiro atoms. The van der Waals surface area contributed by atoms with E-state index in [1.807, 2.05) is 0 Å². The molecule has 0 aliphatic rings. The van der Waals surface area contributed by atoms with Crippen molar-refractivity contribution >= 4 is 34.3 Å². The molecule has 3 rings (SSSR count). The molecule has 0 saturated carbocycles. The predicted octanol–water partition coefficient (Wildman–Crippen LogP) is 3.39. The molecule has 2 N–H and O–H groups in total. The third-order valence-electron chi connectivity index (χ3n) is 3.54. The Hall–Kier alpha value is -3.27. The quantitative estimate of drug-likeness (QED) is 0.662. The van der Waals surface area contributed by atoms with Crippen molar-refractivity contribution in [2.24, 2.45) is 0 Å². The number of para-hydroxylation sites is 1. The molecule has 142 valence electrons. The van der Waals surface area contributed by atoms with Crippen LogP contribution in [-0.2, 0) is 9.47 Å². The highest BCUT2D eigenvalue weighted by Crippen LogP contribution is 2.37. The maximum Gasteiger partial charge on any atom is 0.435 e. The summed E-state index contributed by atoms with van der Waals surface area (Å²) in [5.41, 5.74) is 3.09. The number of hydrazine groups is 1. The smallest absolute Gasteiger partial charge is 0.435 e. The van der Waals surface area contributed by atoms with Gasteiger partial charge < -0.3 is 14.6 Å². The third-order valence-corrected chi connectivity index (χ3v) is 4.29. The summed E-state index contributed by atoms with van der Waals surface area (Å²) in [6.45, 7) is 3.55. The molecule has 0 bridgehead atoms. The van der Waals surface area contributed by atoms with Crippen LogP contribution in [0.2, 0.25) is 0 Å². The zero-order valence-corrected chi connectivity index (χ0v) is 15.5. The number of anilines is 1. The first-order valence-corrected chi connectivity index (χ1v) is 9.09. The van der Waals surface area contributed by atoms with E-state index < -0.39 is 12.2 Å². The molecule has 0 atom stereocenters. The number of rotatable bonds is 4. The number of phenolic OH excluding ortho intramolecular Hbond substituents is 1. The number of carbonyl (C=O) groups is 2. The minimum absolute atomic E-state index is 0.00977. The van der Waals surface area contributed by atoms with Crippen molar-refractivity contribution in [1.82, 2.24) is 14.8 Å². The van der Waals surface area contributed by atoms with Crippen LogP contribution in [-0.4, -0.2) is 39.9 Å². The number of amides is 2. The van der Waals surface area contributed by atoms with Gasteiger partial charge in [-0.15, -0.1) is 11.3 Å². The van der Waals surface area contributed by atoms with Crippen LogP contribution < -0.4 is 10.4 Å². The van der Waals surface area contributed by atoms with Crippen LogP contribution in [0.1, 0.15) is 13.8 Å². The molecule has 0 fully saturated rings. The van der Waals surface area contributed by atoms with E-state index in [0.29, 0.717) is 16.2 Å². The Balaban J connectivity index is 2.16. The highest BCUT2D eigenvalue weighted by atomic mass is 32.1. The normalized spacial score (nSPS) is 10.6. The van der Waals surface area contributed by atoms with Crippen LogP contribution >= 0.6 is 11.3 Å². The van der Waals surface area contributed by atoms with E-state index >= 15 is 0 Å². The Morgan fingerprint density at radius 1 is 1.26 bits per heavy atom. The van der Waals surface area contributed by atoms with Crippen molar-refractivity contribution in [2.45, 2.75) is 13.8 Å². The average Bonchev–Trinajstić information content (AvgIpc) is 3.22. The summed E-state index contributed by atoms with van der Waals surface area (Å²) in [5, 5.41) is 13.0. The Labute approximate surface area is 158 Å². The second kappa shape index (κ2) is 7.96. The van der Waals surface area contributed by atoms with Crippen LogP contribution in [0.25, 0.3) is 16.2 Å². The molecule has 10 heteroatoms. The predicted molar refractivity (Wildman–Crippen MR) is 99.8 cm³/mol. The summed E-state index contributed by atoms with van der Waals surface area (Å²) < 4.78 is 11.6. The van der Waals surface area contributed by atoms with Crippen LogP contribution in [0.5, 0.6) is 5.75 Å². The van der Waals surface area contributed by atoms with Gasteiger partial charge in [0.05, 0.1) is 13.2 Å². The monoisotopic (exact) mass is 390 g/mol. The largest absolute Gasteiger partial charge is 0.507 e. The van der Waals surface area contributed by atoms with Crippen LogP contribution in [0.15, 0.2) is 35.8 Å². The lowest BCUT2D eigenvalue weighted by atomic mass is 10.1. The lowest BCUT2D eigenvalue weighted by molar-refractivity contribution is 0.138. The molecule has 2 amide bonds. The first-order chi connectivity index (χ1) is 13.1. The molecular formula is C17H18N4O5S. The first kappa shape index (κ1) is 18.5. The standard InChI is InChI=1S/C17H18N4O5S/c1-3-25-16(23)19-21(17(24)26-4-2)14-13(11-7-5-6-8-12(11)22)18-15-20(14)9-10-27-15/h5-10,22H,3-4H2,1-2H3,(H,19,23). The van der Waals surface area contributed by atoms with E-state index in [9.17, 15) is 14.7 Å². The highest BCUT2D eigenvalue weighted by Gasteiger charge is 2.29. The number of nitrogens with zero attached hydrogens (tertiary/aromatic N) is 3. The van der Waals surface area contributed by atoms with E-state index in [0.717, 1.165) is 5.01 Å². The average molecular weight is 390 g/mol. The SMILES string of the molecule is CCOC(=O)NN(C(=O)OCC)c1c(-c2ccccc2O)nc2sccn12. The Morgan fingerprint density at radius 2 is 2.00 bits per heavy atom. The van der Waals surface area contributed by atoms with Gasteiger partial charge in [0, 0.05) is 17.1 Å². The van der Waals surface area contributed by atoms with Gasteiger partial charge in [-0.05, 0) is 26.0 Å². The number of fused-ring (bicyclic) bond motifs is 1. The lowest BCUT2D eigenvalue weighted by Crippen LogP contribution is -2.47. The number of carbonyl (C=O) groups excluding carboxylic acids is 2. The first-order valence-electron chi connectivity index (χ1n) is 8.21. The molecule has 0 saturated heterocycles. The highest BCUT2D eigenvalue weighted by molar-refractivity contribution is 7.15. The molecule has 3 aromatic rings. The minimum Gasteiger partial charge on any atom is -0.507 e. The summed E-state index contributed by atoms with van der Waals surface area (Å²) >= 11 is 1.34. The number of ether oxygens (including phenoxy) is 2. The van der Waals surface area contributed by atoms with Crippen molar-refractivity contribution in [3.63, 3.8) is 0 Å². The zero-order valence-electron chi connectivity index (χ0n) is 14.7. The topological polar surface area (TPSA) is 105 Å². The Morgan fingerprint density at radius 3 is 2.70 bits per heavy atom. The van der Waals surface area contributed by atoms with Crippen molar-refractivity contribution in [2.75, 3.05) is 18.2 Å². The molecule has 2 heterocycles. The Kier molecular flexibility index (Phi) is 5.46. The van der Waals surface area contributed by atoms with Crippen LogP contribution in [0, 0.1) is 0 Å². The van der Waals surface area contributed by atoms with Crippen molar-refractivity contribution in [3.8, 4) is 17.0 Å². The number of imidazole rings is 1. The van der Waals surface area contributed by atoms with Crippen molar-refractivity contribution < 1.29 is 24.2 Å². The molecule has 9 nitrogen and oxygen atoms in total. The Bertz CT molecular complexity index is 967. The van der Waals surface area contributed by atoms with Gasteiger partial charge in [0.2, 0.25) is 0 Å².